The topological polar surface area (TPSA) is 75.7 Å². The van der Waals surface area contributed by atoms with Crippen molar-refractivity contribution in [3.8, 4) is 5.75 Å². The number of halogens is 1. The Bertz CT molecular complexity index is 869. The number of anilines is 1. The van der Waals surface area contributed by atoms with Crippen LogP contribution in [-0.2, 0) is 21.4 Å². The number of carbonyl (C=O) groups excluding carboxylic acids is 1. The normalized spacial score (nSPS) is 12.3. The van der Waals surface area contributed by atoms with Crippen molar-refractivity contribution in [3.63, 3.8) is 0 Å². The molecule has 0 aliphatic heterocycles. The molecule has 26 heavy (non-hydrogen) atoms. The molecule has 2 aromatic rings. The molecular formula is C18H21ClN2O4S. The zero-order chi connectivity index (χ0) is 19.3. The number of nitrogens with one attached hydrogen (secondary N) is 1. The van der Waals surface area contributed by atoms with Crippen LogP contribution < -0.4 is 14.4 Å². The summed E-state index contributed by atoms with van der Waals surface area (Å²) in [6.45, 7) is 1.81. The summed E-state index contributed by atoms with van der Waals surface area (Å²) >= 11 is 5.84. The Balaban J connectivity index is 2.19. The third-order valence-electron chi connectivity index (χ3n) is 3.78. The van der Waals surface area contributed by atoms with Crippen molar-refractivity contribution in [2.45, 2.75) is 19.5 Å². The first-order valence-corrected chi connectivity index (χ1v) is 10.1. The summed E-state index contributed by atoms with van der Waals surface area (Å²) in [4.78, 5) is 12.5. The number of hydrogen-bond acceptors (Lipinski definition) is 4. The van der Waals surface area contributed by atoms with Gasteiger partial charge in [0.2, 0.25) is 15.9 Å². The van der Waals surface area contributed by atoms with Gasteiger partial charge in [0.25, 0.3) is 0 Å². The molecule has 1 N–H and O–H groups in total. The van der Waals surface area contributed by atoms with Gasteiger partial charge in [0, 0.05) is 17.6 Å². The van der Waals surface area contributed by atoms with Gasteiger partial charge >= 0.3 is 0 Å². The summed E-state index contributed by atoms with van der Waals surface area (Å²) in [5.41, 5.74) is 1.23. The number of rotatable bonds is 7. The lowest BCUT2D eigenvalue weighted by Gasteiger charge is -2.28. The molecule has 2 rings (SSSR count). The van der Waals surface area contributed by atoms with Crippen LogP contribution in [0.3, 0.4) is 0 Å². The van der Waals surface area contributed by atoms with E-state index in [1.54, 1.807) is 48.5 Å². The zero-order valence-corrected chi connectivity index (χ0v) is 16.3. The van der Waals surface area contributed by atoms with Gasteiger partial charge in [0.1, 0.15) is 11.8 Å². The highest BCUT2D eigenvalue weighted by molar-refractivity contribution is 7.92. The van der Waals surface area contributed by atoms with Gasteiger partial charge in [0.05, 0.1) is 19.1 Å². The Morgan fingerprint density at radius 1 is 1.23 bits per heavy atom. The van der Waals surface area contributed by atoms with Crippen molar-refractivity contribution in [2.24, 2.45) is 0 Å². The standard InChI is InChI=1S/C18H21ClN2O4S/c1-13(18(22)20-12-14-7-9-15(19)10-8-14)21(26(3,23)24)16-5-4-6-17(11-16)25-2/h4-11,13H,12H2,1-3H3,(H,20,22)/t13-/m1/s1. The molecule has 0 spiro atoms. The predicted octanol–water partition coefficient (Wildman–Crippen LogP) is 2.82. The van der Waals surface area contributed by atoms with Crippen molar-refractivity contribution in [1.82, 2.24) is 5.32 Å². The number of benzene rings is 2. The zero-order valence-electron chi connectivity index (χ0n) is 14.8. The molecule has 0 bridgehead atoms. The Morgan fingerprint density at radius 3 is 2.46 bits per heavy atom. The highest BCUT2D eigenvalue weighted by Crippen LogP contribution is 2.25. The predicted molar refractivity (Wildman–Crippen MR) is 103 cm³/mol. The molecule has 0 heterocycles. The van der Waals surface area contributed by atoms with Crippen molar-refractivity contribution < 1.29 is 17.9 Å². The number of amides is 1. The van der Waals surface area contributed by atoms with Crippen molar-refractivity contribution in [1.29, 1.82) is 0 Å². The van der Waals surface area contributed by atoms with Crippen molar-refractivity contribution >= 4 is 33.2 Å². The van der Waals surface area contributed by atoms with E-state index >= 15 is 0 Å². The van der Waals surface area contributed by atoms with Gasteiger partial charge in [-0.2, -0.15) is 0 Å². The molecule has 0 unspecified atom stereocenters. The summed E-state index contributed by atoms with van der Waals surface area (Å²) in [5, 5.41) is 3.36. The van der Waals surface area contributed by atoms with E-state index in [1.165, 1.54) is 14.0 Å². The molecule has 1 amide bonds. The van der Waals surface area contributed by atoms with Crippen molar-refractivity contribution in [3.05, 3.63) is 59.1 Å². The minimum absolute atomic E-state index is 0.274. The van der Waals surface area contributed by atoms with Gasteiger partial charge in [0.15, 0.2) is 0 Å². The third-order valence-corrected chi connectivity index (χ3v) is 5.27. The Kier molecular flexibility index (Phi) is 6.50. The smallest absolute Gasteiger partial charge is 0.243 e. The van der Waals surface area contributed by atoms with Crippen LogP contribution in [0.15, 0.2) is 48.5 Å². The first-order chi connectivity index (χ1) is 12.2. The van der Waals surface area contributed by atoms with Crippen LogP contribution in [-0.4, -0.2) is 33.7 Å². The first-order valence-electron chi connectivity index (χ1n) is 7.88. The van der Waals surface area contributed by atoms with Gasteiger partial charge in [-0.1, -0.05) is 29.8 Å². The van der Waals surface area contributed by atoms with Gasteiger partial charge in [-0.15, -0.1) is 0 Å². The Labute approximate surface area is 158 Å². The van der Waals surface area contributed by atoms with Gasteiger partial charge in [-0.3, -0.25) is 9.10 Å². The number of nitrogens with zero attached hydrogens (tertiary/aromatic N) is 1. The fourth-order valence-corrected chi connectivity index (χ4v) is 3.79. The molecule has 0 aliphatic carbocycles. The summed E-state index contributed by atoms with van der Waals surface area (Å²) in [6.07, 6.45) is 1.06. The van der Waals surface area contributed by atoms with Crippen molar-refractivity contribution in [2.75, 3.05) is 17.7 Å². The second-order valence-electron chi connectivity index (χ2n) is 5.78. The SMILES string of the molecule is COc1cccc(N([C@H](C)C(=O)NCc2ccc(Cl)cc2)S(C)(=O)=O)c1. The molecule has 0 radical (unpaired) electrons. The largest absolute Gasteiger partial charge is 0.497 e. The van der Waals surface area contributed by atoms with E-state index in [0.29, 0.717) is 16.5 Å². The van der Waals surface area contributed by atoms with Crippen LogP contribution in [0.5, 0.6) is 5.75 Å². The minimum Gasteiger partial charge on any atom is -0.497 e. The number of carbonyl (C=O) groups is 1. The number of hydrogen-bond donors (Lipinski definition) is 1. The van der Waals surface area contributed by atoms with Crippen LogP contribution >= 0.6 is 11.6 Å². The first kappa shape index (κ1) is 20.1. The van der Waals surface area contributed by atoms with Crippen LogP contribution in [0.1, 0.15) is 12.5 Å². The van der Waals surface area contributed by atoms with Crippen LogP contribution in [0.2, 0.25) is 5.02 Å². The maximum atomic E-state index is 12.5. The minimum atomic E-state index is -3.68. The van der Waals surface area contributed by atoms with E-state index in [0.717, 1.165) is 16.1 Å². The molecule has 1 atom stereocenters. The maximum Gasteiger partial charge on any atom is 0.243 e. The summed E-state index contributed by atoms with van der Waals surface area (Å²) in [6, 6.07) is 12.7. The average molecular weight is 397 g/mol. The molecule has 8 heteroatoms. The molecule has 0 saturated carbocycles. The van der Waals surface area contributed by atoms with Crippen LogP contribution in [0.25, 0.3) is 0 Å². The lowest BCUT2D eigenvalue weighted by atomic mass is 10.2. The van der Waals surface area contributed by atoms with E-state index in [-0.39, 0.29) is 6.54 Å². The number of methoxy groups -OCH3 is 1. The van der Waals surface area contributed by atoms with E-state index in [1.807, 2.05) is 0 Å². The summed E-state index contributed by atoms with van der Waals surface area (Å²) in [5.74, 6) is 0.0955. The Hall–Kier alpha value is -2.25. The van der Waals surface area contributed by atoms with Gasteiger partial charge < -0.3 is 10.1 Å². The number of ether oxygens (including phenoxy) is 1. The fraction of sp³-hybridized carbons (Fsp3) is 0.278. The van der Waals surface area contributed by atoms with Gasteiger partial charge in [-0.05, 0) is 36.8 Å². The maximum absolute atomic E-state index is 12.5. The monoisotopic (exact) mass is 396 g/mol. The molecule has 2 aromatic carbocycles. The molecule has 0 fully saturated rings. The second-order valence-corrected chi connectivity index (χ2v) is 8.08. The van der Waals surface area contributed by atoms with Gasteiger partial charge in [-0.25, -0.2) is 8.42 Å². The van der Waals surface area contributed by atoms with Crippen LogP contribution in [0.4, 0.5) is 5.69 Å². The van der Waals surface area contributed by atoms with E-state index in [2.05, 4.69) is 5.32 Å². The van der Waals surface area contributed by atoms with Crippen LogP contribution in [0, 0.1) is 0 Å². The van der Waals surface area contributed by atoms with E-state index in [4.69, 9.17) is 16.3 Å². The molecule has 6 nitrogen and oxygen atoms in total. The molecular weight excluding hydrogens is 376 g/mol. The van der Waals surface area contributed by atoms with E-state index < -0.39 is 22.0 Å². The average Bonchev–Trinajstić information content (AvgIpc) is 2.60. The quantitative estimate of drug-likeness (QED) is 0.780. The highest BCUT2D eigenvalue weighted by Gasteiger charge is 2.29. The summed E-state index contributed by atoms with van der Waals surface area (Å²) in [7, 11) is -2.18. The molecule has 140 valence electrons. The second kappa shape index (κ2) is 8.42. The molecule has 0 aliphatic rings. The summed E-state index contributed by atoms with van der Waals surface area (Å²) < 4.78 is 30.8. The third kappa shape index (κ3) is 5.12. The number of sulfonamides is 1. The lowest BCUT2D eigenvalue weighted by Crippen LogP contribution is -2.47. The molecule has 0 saturated heterocycles. The Morgan fingerprint density at radius 2 is 1.88 bits per heavy atom. The molecule has 0 aromatic heterocycles. The highest BCUT2D eigenvalue weighted by atomic mass is 35.5. The van der Waals surface area contributed by atoms with E-state index in [9.17, 15) is 13.2 Å². The fourth-order valence-electron chi connectivity index (χ4n) is 2.50. The lowest BCUT2D eigenvalue weighted by molar-refractivity contribution is -0.122.